The van der Waals surface area contributed by atoms with E-state index in [2.05, 4.69) is 15.3 Å². The van der Waals surface area contributed by atoms with Crippen molar-refractivity contribution in [3.63, 3.8) is 0 Å². The van der Waals surface area contributed by atoms with E-state index >= 15 is 0 Å². The SMILES string of the molecule is COCCn1c(SCc2cccc(F)c2)nnc1-c1cn(C)nc1OC. The first kappa shape index (κ1) is 18.4. The summed E-state index contributed by atoms with van der Waals surface area (Å²) in [4.78, 5) is 0. The minimum atomic E-state index is -0.246. The van der Waals surface area contributed by atoms with Crippen LogP contribution in [0, 0.1) is 5.82 Å². The van der Waals surface area contributed by atoms with E-state index in [1.807, 2.05) is 23.9 Å². The van der Waals surface area contributed by atoms with Crippen molar-refractivity contribution in [2.75, 3.05) is 20.8 Å². The van der Waals surface area contributed by atoms with Crippen molar-refractivity contribution in [1.82, 2.24) is 24.5 Å². The smallest absolute Gasteiger partial charge is 0.243 e. The van der Waals surface area contributed by atoms with Gasteiger partial charge in [0.25, 0.3) is 0 Å². The van der Waals surface area contributed by atoms with Crippen molar-refractivity contribution in [3.8, 4) is 17.3 Å². The molecule has 0 amide bonds. The maximum absolute atomic E-state index is 13.4. The van der Waals surface area contributed by atoms with Gasteiger partial charge in [-0.05, 0) is 17.7 Å². The lowest BCUT2D eigenvalue weighted by molar-refractivity contribution is 0.185. The molecule has 7 nitrogen and oxygen atoms in total. The molecule has 0 aliphatic heterocycles. The number of rotatable bonds is 8. The zero-order valence-corrected chi connectivity index (χ0v) is 15.7. The molecule has 3 aromatic rings. The average Bonchev–Trinajstić information content (AvgIpc) is 3.20. The second-order valence-electron chi connectivity index (χ2n) is 5.59. The van der Waals surface area contributed by atoms with Crippen molar-refractivity contribution < 1.29 is 13.9 Å². The first-order valence-electron chi connectivity index (χ1n) is 7.99. The number of thioether (sulfide) groups is 1. The largest absolute Gasteiger partial charge is 0.479 e. The van der Waals surface area contributed by atoms with Gasteiger partial charge < -0.3 is 9.47 Å². The number of aromatic nitrogens is 5. The van der Waals surface area contributed by atoms with Crippen LogP contribution in [0.4, 0.5) is 4.39 Å². The summed E-state index contributed by atoms with van der Waals surface area (Å²) in [5.74, 6) is 1.49. The van der Waals surface area contributed by atoms with Gasteiger partial charge in [0.2, 0.25) is 5.88 Å². The third kappa shape index (κ3) is 4.05. The highest BCUT2D eigenvalue weighted by Gasteiger charge is 2.20. The van der Waals surface area contributed by atoms with Crippen molar-refractivity contribution >= 4 is 11.8 Å². The van der Waals surface area contributed by atoms with Crippen LogP contribution in [0.25, 0.3) is 11.4 Å². The van der Waals surface area contributed by atoms with Crippen molar-refractivity contribution in [2.24, 2.45) is 7.05 Å². The fraction of sp³-hybridized carbons (Fsp3) is 0.353. The Morgan fingerprint density at radius 1 is 1.23 bits per heavy atom. The molecular formula is C17H20FN5O2S. The van der Waals surface area contributed by atoms with Gasteiger partial charge in [-0.3, -0.25) is 9.25 Å². The number of nitrogens with zero attached hydrogens (tertiary/aromatic N) is 5. The first-order chi connectivity index (χ1) is 12.6. The molecule has 0 saturated carbocycles. The number of hydrogen-bond donors (Lipinski definition) is 0. The number of ether oxygens (including phenoxy) is 2. The van der Waals surface area contributed by atoms with Crippen LogP contribution < -0.4 is 4.74 Å². The summed E-state index contributed by atoms with van der Waals surface area (Å²) in [6.07, 6.45) is 1.84. The zero-order valence-electron chi connectivity index (χ0n) is 14.8. The fourth-order valence-corrected chi connectivity index (χ4v) is 3.43. The van der Waals surface area contributed by atoms with Crippen LogP contribution in [0.5, 0.6) is 5.88 Å². The lowest BCUT2D eigenvalue weighted by Gasteiger charge is -2.09. The molecule has 0 unspecified atom stereocenters. The van der Waals surface area contributed by atoms with Crippen LogP contribution in [-0.4, -0.2) is 45.4 Å². The van der Waals surface area contributed by atoms with Gasteiger partial charge in [0, 0.05) is 26.1 Å². The number of halogens is 1. The lowest BCUT2D eigenvalue weighted by atomic mass is 10.2. The summed E-state index contributed by atoms with van der Waals surface area (Å²) < 4.78 is 27.6. The fourth-order valence-electron chi connectivity index (χ4n) is 2.53. The highest BCUT2D eigenvalue weighted by Crippen LogP contribution is 2.31. The first-order valence-corrected chi connectivity index (χ1v) is 8.98. The topological polar surface area (TPSA) is 67.0 Å². The van der Waals surface area contributed by atoms with E-state index in [1.165, 1.54) is 23.9 Å². The molecule has 3 rings (SSSR count). The summed E-state index contributed by atoms with van der Waals surface area (Å²) in [6.45, 7) is 1.10. The third-order valence-electron chi connectivity index (χ3n) is 3.72. The minimum absolute atomic E-state index is 0.246. The van der Waals surface area contributed by atoms with Crippen LogP contribution >= 0.6 is 11.8 Å². The number of hydrogen-bond acceptors (Lipinski definition) is 6. The molecule has 1 aromatic carbocycles. The number of aryl methyl sites for hydroxylation is 1. The zero-order chi connectivity index (χ0) is 18.5. The number of methoxy groups -OCH3 is 2. The molecule has 0 bridgehead atoms. The molecule has 2 aromatic heterocycles. The van der Waals surface area contributed by atoms with Gasteiger partial charge in [0.05, 0.1) is 20.3 Å². The normalized spacial score (nSPS) is 11.1. The van der Waals surface area contributed by atoms with Gasteiger partial charge in [-0.1, -0.05) is 23.9 Å². The van der Waals surface area contributed by atoms with Crippen LogP contribution in [0.15, 0.2) is 35.6 Å². The molecular weight excluding hydrogens is 357 g/mol. The number of benzene rings is 1. The molecule has 0 saturated heterocycles. The molecule has 0 atom stereocenters. The van der Waals surface area contributed by atoms with E-state index in [0.29, 0.717) is 30.6 Å². The quantitative estimate of drug-likeness (QED) is 0.563. The molecule has 0 fully saturated rings. The Kier molecular flexibility index (Phi) is 5.89. The maximum atomic E-state index is 13.4. The van der Waals surface area contributed by atoms with Crippen LogP contribution in [0.1, 0.15) is 5.56 Å². The molecule has 138 valence electrons. The summed E-state index contributed by atoms with van der Waals surface area (Å²) >= 11 is 1.49. The molecule has 2 heterocycles. The Bertz CT molecular complexity index is 880. The Hall–Kier alpha value is -2.39. The van der Waals surface area contributed by atoms with E-state index in [-0.39, 0.29) is 5.82 Å². The predicted octanol–water partition coefficient (Wildman–Crippen LogP) is 2.77. The van der Waals surface area contributed by atoms with Crippen molar-refractivity contribution in [3.05, 3.63) is 41.8 Å². The van der Waals surface area contributed by atoms with Gasteiger partial charge >= 0.3 is 0 Å². The van der Waals surface area contributed by atoms with Crippen LogP contribution in [0.3, 0.4) is 0 Å². The Balaban J connectivity index is 1.89. The van der Waals surface area contributed by atoms with E-state index in [0.717, 1.165) is 16.3 Å². The second-order valence-corrected chi connectivity index (χ2v) is 6.54. The Morgan fingerprint density at radius 2 is 2.08 bits per heavy atom. The van der Waals surface area contributed by atoms with Gasteiger partial charge in [-0.25, -0.2) is 4.39 Å². The van der Waals surface area contributed by atoms with E-state index in [9.17, 15) is 4.39 Å². The highest BCUT2D eigenvalue weighted by atomic mass is 32.2. The monoisotopic (exact) mass is 377 g/mol. The summed E-state index contributed by atoms with van der Waals surface area (Å²) in [7, 11) is 5.04. The van der Waals surface area contributed by atoms with Crippen molar-refractivity contribution in [2.45, 2.75) is 17.5 Å². The summed E-state index contributed by atoms with van der Waals surface area (Å²) in [5, 5.41) is 13.6. The van der Waals surface area contributed by atoms with Crippen LogP contribution in [0.2, 0.25) is 0 Å². The molecule has 0 radical (unpaired) electrons. The van der Waals surface area contributed by atoms with Crippen molar-refractivity contribution in [1.29, 1.82) is 0 Å². The molecule has 9 heteroatoms. The minimum Gasteiger partial charge on any atom is -0.479 e. The lowest BCUT2D eigenvalue weighted by Crippen LogP contribution is -2.07. The Morgan fingerprint density at radius 3 is 2.81 bits per heavy atom. The van der Waals surface area contributed by atoms with E-state index < -0.39 is 0 Å². The third-order valence-corrected chi connectivity index (χ3v) is 4.76. The molecule has 0 spiro atoms. The second kappa shape index (κ2) is 8.33. The predicted molar refractivity (Wildman–Crippen MR) is 96.6 cm³/mol. The molecule has 0 aliphatic rings. The highest BCUT2D eigenvalue weighted by molar-refractivity contribution is 7.98. The van der Waals surface area contributed by atoms with Gasteiger partial charge in [0.15, 0.2) is 11.0 Å². The van der Waals surface area contributed by atoms with Gasteiger partial charge in [0.1, 0.15) is 11.4 Å². The Labute approximate surface area is 155 Å². The van der Waals surface area contributed by atoms with Crippen LogP contribution in [-0.2, 0) is 24.1 Å². The summed E-state index contributed by atoms with van der Waals surface area (Å²) in [6, 6.07) is 6.54. The van der Waals surface area contributed by atoms with E-state index in [4.69, 9.17) is 9.47 Å². The molecule has 0 aliphatic carbocycles. The summed E-state index contributed by atoms with van der Waals surface area (Å²) in [5.41, 5.74) is 1.65. The maximum Gasteiger partial charge on any atom is 0.243 e. The average molecular weight is 377 g/mol. The standard InChI is InChI=1S/C17H20FN5O2S/c1-22-10-14(16(21-22)25-3)15-19-20-17(23(15)7-8-24-2)26-11-12-5-4-6-13(18)9-12/h4-6,9-10H,7-8,11H2,1-3H3. The van der Waals surface area contributed by atoms with E-state index in [1.54, 1.807) is 25.0 Å². The molecule has 26 heavy (non-hydrogen) atoms. The molecule has 0 N–H and O–H groups in total. The van der Waals surface area contributed by atoms with Gasteiger partial charge in [-0.2, -0.15) is 0 Å². The van der Waals surface area contributed by atoms with Gasteiger partial charge in [-0.15, -0.1) is 15.3 Å².